The molecule has 0 spiro atoms. The van der Waals surface area contributed by atoms with Crippen LogP contribution >= 0.6 is 0 Å². The predicted octanol–water partition coefficient (Wildman–Crippen LogP) is 3.83. The maximum absolute atomic E-state index is 5.25. The van der Waals surface area contributed by atoms with Gasteiger partial charge in [0.15, 0.2) is 0 Å². The van der Waals surface area contributed by atoms with Crippen molar-refractivity contribution in [3.8, 4) is 5.75 Å². The Morgan fingerprint density at radius 1 is 0.947 bits per heavy atom. The first-order chi connectivity index (χ1) is 9.35. The summed E-state index contributed by atoms with van der Waals surface area (Å²) in [5.41, 5.74) is 3.58. The Morgan fingerprint density at radius 3 is 2.74 bits per heavy atom. The van der Waals surface area contributed by atoms with E-state index in [4.69, 9.17) is 4.74 Å². The maximum Gasteiger partial charge on any atom is 0.119 e. The van der Waals surface area contributed by atoms with Crippen LogP contribution in [0.5, 0.6) is 5.75 Å². The summed E-state index contributed by atoms with van der Waals surface area (Å²) in [4.78, 5) is 4.34. The summed E-state index contributed by atoms with van der Waals surface area (Å²) in [5.74, 6) is 0.903. The number of ether oxygens (including phenoxy) is 1. The van der Waals surface area contributed by atoms with Crippen LogP contribution in [-0.4, -0.2) is 12.1 Å². The number of fused-ring (bicyclic) bond motifs is 1. The molecule has 19 heavy (non-hydrogen) atoms. The van der Waals surface area contributed by atoms with Crippen molar-refractivity contribution in [1.82, 2.24) is 4.98 Å². The van der Waals surface area contributed by atoms with Crippen molar-refractivity contribution in [2.45, 2.75) is 6.42 Å². The number of methoxy groups -OCH3 is 1. The molecule has 0 saturated heterocycles. The van der Waals surface area contributed by atoms with E-state index in [1.54, 1.807) is 7.11 Å². The van der Waals surface area contributed by atoms with Gasteiger partial charge in [0.25, 0.3) is 0 Å². The first kappa shape index (κ1) is 11.7. The minimum Gasteiger partial charge on any atom is -0.497 e. The minimum absolute atomic E-state index is 0.903. The van der Waals surface area contributed by atoms with E-state index in [1.807, 2.05) is 24.4 Å². The van der Waals surface area contributed by atoms with Crippen LogP contribution in [0.15, 0.2) is 60.8 Å². The highest BCUT2D eigenvalue weighted by molar-refractivity contribution is 5.79. The third kappa shape index (κ3) is 2.58. The van der Waals surface area contributed by atoms with Crippen LogP contribution in [0.1, 0.15) is 11.1 Å². The lowest BCUT2D eigenvalue weighted by atomic mass is 10.0. The highest BCUT2D eigenvalue weighted by Crippen LogP contribution is 2.19. The van der Waals surface area contributed by atoms with E-state index in [9.17, 15) is 0 Å². The number of rotatable bonds is 3. The summed E-state index contributed by atoms with van der Waals surface area (Å²) in [6, 6.07) is 18.7. The van der Waals surface area contributed by atoms with Gasteiger partial charge in [-0.1, -0.05) is 24.3 Å². The molecular formula is C17H15NO. The van der Waals surface area contributed by atoms with E-state index in [0.717, 1.165) is 17.7 Å². The van der Waals surface area contributed by atoms with Crippen LogP contribution in [0.2, 0.25) is 0 Å². The Hall–Kier alpha value is -2.35. The summed E-state index contributed by atoms with van der Waals surface area (Å²) >= 11 is 0. The Morgan fingerprint density at radius 2 is 1.84 bits per heavy atom. The largest absolute Gasteiger partial charge is 0.497 e. The molecule has 0 aliphatic heterocycles. The fourth-order valence-corrected chi connectivity index (χ4v) is 2.25. The van der Waals surface area contributed by atoms with E-state index in [1.165, 1.54) is 16.5 Å². The van der Waals surface area contributed by atoms with Gasteiger partial charge in [-0.05, 0) is 47.9 Å². The molecule has 3 aromatic rings. The van der Waals surface area contributed by atoms with Crippen molar-refractivity contribution >= 4 is 10.9 Å². The molecule has 0 unspecified atom stereocenters. The lowest BCUT2D eigenvalue weighted by molar-refractivity contribution is 0.414. The molecule has 1 aromatic heterocycles. The van der Waals surface area contributed by atoms with Crippen molar-refractivity contribution in [3.05, 3.63) is 71.9 Å². The summed E-state index contributed by atoms with van der Waals surface area (Å²) < 4.78 is 5.25. The van der Waals surface area contributed by atoms with Crippen LogP contribution in [0.25, 0.3) is 10.9 Å². The van der Waals surface area contributed by atoms with Crippen LogP contribution < -0.4 is 4.74 Å². The Kier molecular flexibility index (Phi) is 3.15. The second-order valence-electron chi connectivity index (χ2n) is 4.56. The molecule has 0 aliphatic rings. The van der Waals surface area contributed by atoms with Gasteiger partial charge in [0, 0.05) is 11.6 Å². The van der Waals surface area contributed by atoms with Crippen LogP contribution in [-0.2, 0) is 6.42 Å². The molecule has 2 heteroatoms. The lowest BCUT2D eigenvalue weighted by Crippen LogP contribution is -1.90. The number of benzene rings is 2. The van der Waals surface area contributed by atoms with Crippen LogP contribution in [0.3, 0.4) is 0 Å². The van der Waals surface area contributed by atoms with E-state index in [-0.39, 0.29) is 0 Å². The Labute approximate surface area is 112 Å². The molecule has 0 saturated carbocycles. The summed E-state index contributed by atoms with van der Waals surface area (Å²) in [6.45, 7) is 0. The van der Waals surface area contributed by atoms with Gasteiger partial charge in [-0.25, -0.2) is 0 Å². The van der Waals surface area contributed by atoms with Gasteiger partial charge < -0.3 is 4.74 Å². The van der Waals surface area contributed by atoms with E-state index < -0.39 is 0 Å². The first-order valence-corrected chi connectivity index (χ1v) is 6.32. The van der Waals surface area contributed by atoms with Crippen molar-refractivity contribution < 1.29 is 4.74 Å². The molecular weight excluding hydrogens is 234 g/mol. The third-order valence-electron chi connectivity index (χ3n) is 3.21. The molecule has 0 amide bonds. The van der Waals surface area contributed by atoms with Crippen LogP contribution in [0, 0.1) is 0 Å². The van der Waals surface area contributed by atoms with Gasteiger partial charge in [0.05, 0.1) is 12.6 Å². The molecule has 0 bridgehead atoms. The van der Waals surface area contributed by atoms with E-state index in [0.29, 0.717) is 0 Å². The number of hydrogen-bond acceptors (Lipinski definition) is 2. The molecule has 0 atom stereocenters. The van der Waals surface area contributed by atoms with Gasteiger partial charge in [0.2, 0.25) is 0 Å². The second-order valence-corrected chi connectivity index (χ2v) is 4.56. The van der Waals surface area contributed by atoms with Gasteiger partial charge in [-0.3, -0.25) is 4.98 Å². The molecule has 3 rings (SSSR count). The quantitative estimate of drug-likeness (QED) is 0.703. The average Bonchev–Trinajstić information content (AvgIpc) is 2.47. The third-order valence-corrected chi connectivity index (χ3v) is 3.21. The number of hydrogen-bond donors (Lipinski definition) is 0. The number of aromatic nitrogens is 1. The fraction of sp³-hybridized carbons (Fsp3) is 0.118. The van der Waals surface area contributed by atoms with Crippen molar-refractivity contribution in [3.63, 3.8) is 0 Å². The number of nitrogens with zero attached hydrogens (tertiary/aromatic N) is 1. The normalized spacial score (nSPS) is 10.6. The van der Waals surface area contributed by atoms with E-state index >= 15 is 0 Å². The molecule has 0 aliphatic carbocycles. The van der Waals surface area contributed by atoms with Crippen molar-refractivity contribution in [2.75, 3.05) is 7.11 Å². The van der Waals surface area contributed by atoms with Gasteiger partial charge in [-0.2, -0.15) is 0 Å². The van der Waals surface area contributed by atoms with Crippen molar-refractivity contribution in [1.29, 1.82) is 0 Å². The first-order valence-electron chi connectivity index (χ1n) is 6.32. The molecule has 2 aromatic carbocycles. The van der Waals surface area contributed by atoms with E-state index in [2.05, 4.69) is 41.4 Å². The monoisotopic (exact) mass is 249 g/mol. The summed E-state index contributed by atoms with van der Waals surface area (Å²) in [6.07, 6.45) is 2.73. The SMILES string of the molecule is COc1cccc(Cc2ccc3ncccc3c2)c1. The van der Waals surface area contributed by atoms with Gasteiger partial charge >= 0.3 is 0 Å². The molecule has 94 valence electrons. The van der Waals surface area contributed by atoms with Gasteiger partial charge in [-0.15, -0.1) is 0 Å². The summed E-state index contributed by atoms with van der Waals surface area (Å²) in [7, 11) is 1.70. The fourth-order valence-electron chi connectivity index (χ4n) is 2.25. The zero-order valence-corrected chi connectivity index (χ0v) is 10.8. The smallest absolute Gasteiger partial charge is 0.119 e. The highest BCUT2D eigenvalue weighted by atomic mass is 16.5. The Bertz CT molecular complexity index is 706. The highest BCUT2D eigenvalue weighted by Gasteiger charge is 2.00. The lowest BCUT2D eigenvalue weighted by Gasteiger charge is -2.06. The summed E-state index contributed by atoms with van der Waals surface area (Å²) in [5, 5.41) is 1.18. The second kappa shape index (κ2) is 5.11. The zero-order chi connectivity index (χ0) is 13.1. The van der Waals surface area contributed by atoms with Crippen LogP contribution in [0.4, 0.5) is 0 Å². The number of pyridine rings is 1. The van der Waals surface area contributed by atoms with Gasteiger partial charge in [0.1, 0.15) is 5.75 Å². The molecule has 1 heterocycles. The molecule has 0 radical (unpaired) electrons. The average molecular weight is 249 g/mol. The molecule has 2 nitrogen and oxygen atoms in total. The molecule has 0 fully saturated rings. The standard InChI is InChI=1S/C17H15NO/c1-19-16-6-2-4-13(12-16)10-14-7-8-17-15(11-14)5-3-9-18-17/h2-9,11-12H,10H2,1H3. The zero-order valence-electron chi connectivity index (χ0n) is 10.8. The maximum atomic E-state index is 5.25. The topological polar surface area (TPSA) is 22.1 Å². The predicted molar refractivity (Wildman–Crippen MR) is 77.5 cm³/mol. The Balaban J connectivity index is 1.92. The minimum atomic E-state index is 0.903. The van der Waals surface area contributed by atoms with Crippen molar-refractivity contribution in [2.24, 2.45) is 0 Å². The molecule has 0 N–H and O–H groups in total.